The molecule has 0 aliphatic carbocycles. The van der Waals surface area contributed by atoms with Crippen LogP contribution in [0.1, 0.15) is 44.5 Å². The SMILES string of the molecule is CCNC(=NCCCn1nc(C)cc1C)NCCCCOCC.I. The molecule has 0 aliphatic rings. The lowest BCUT2D eigenvalue weighted by Gasteiger charge is -2.11. The van der Waals surface area contributed by atoms with E-state index in [1.54, 1.807) is 0 Å². The molecule has 0 bridgehead atoms. The highest BCUT2D eigenvalue weighted by Crippen LogP contribution is 2.02. The van der Waals surface area contributed by atoms with Crippen molar-refractivity contribution < 1.29 is 4.74 Å². The van der Waals surface area contributed by atoms with E-state index in [-0.39, 0.29) is 24.0 Å². The number of hydrogen-bond acceptors (Lipinski definition) is 3. The molecule has 0 atom stereocenters. The van der Waals surface area contributed by atoms with Gasteiger partial charge in [-0.05, 0) is 53.0 Å². The van der Waals surface area contributed by atoms with Crippen LogP contribution in [0, 0.1) is 13.8 Å². The Labute approximate surface area is 163 Å². The van der Waals surface area contributed by atoms with Crippen LogP contribution < -0.4 is 10.6 Å². The molecule has 24 heavy (non-hydrogen) atoms. The molecule has 0 radical (unpaired) electrons. The number of guanidine groups is 1. The Hall–Kier alpha value is -0.830. The molecule has 0 saturated carbocycles. The number of aryl methyl sites for hydroxylation is 3. The molecule has 0 unspecified atom stereocenters. The van der Waals surface area contributed by atoms with E-state index in [4.69, 9.17) is 4.74 Å². The number of nitrogens with zero attached hydrogens (tertiary/aromatic N) is 3. The molecule has 1 aromatic heterocycles. The molecule has 0 aromatic carbocycles. The zero-order chi connectivity index (χ0) is 16.9. The molecular formula is C17H34IN5O. The molecule has 7 heteroatoms. The van der Waals surface area contributed by atoms with Gasteiger partial charge in [-0.15, -0.1) is 24.0 Å². The van der Waals surface area contributed by atoms with Crippen LogP contribution in [-0.4, -0.2) is 48.6 Å². The molecule has 0 fully saturated rings. The third-order valence-corrected chi connectivity index (χ3v) is 3.46. The molecule has 1 aromatic rings. The predicted octanol–water partition coefficient (Wildman–Crippen LogP) is 2.88. The van der Waals surface area contributed by atoms with Crippen LogP contribution in [-0.2, 0) is 11.3 Å². The van der Waals surface area contributed by atoms with Gasteiger partial charge in [0.05, 0.1) is 5.69 Å². The molecule has 6 nitrogen and oxygen atoms in total. The Morgan fingerprint density at radius 3 is 2.62 bits per heavy atom. The van der Waals surface area contributed by atoms with E-state index >= 15 is 0 Å². The summed E-state index contributed by atoms with van der Waals surface area (Å²) in [6.45, 7) is 13.4. The summed E-state index contributed by atoms with van der Waals surface area (Å²) in [6.07, 6.45) is 3.16. The fourth-order valence-electron chi connectivity index (χ4n) is 2.33. The highest BCUT2D eigenvalue weighted by atomic mass is 127. The Morgan fingerprint density at radius 2 is 2.00 bits per heavy atom. The second-order valence-electron chi connectivity index (χ2n) is 5.60. The van der Waals surface area contributed by atoms with Gasteiger partial charge in [-0.1, -0.05) is 0 Å². The number of hydrogen-bond donors (Lipinski definition) is 2. The molecule has 140 valence electrons. The summed E-state index contributed by atoms with van der Waals surface area (Å²) in [5.41, 5.74) is 2.29. The lowest BCUT2D eigenvalue weighted by Crippen LogP contribution is -2.38. The second-order valence-corrected chi connectivity index (χ2v) is 5.60. The highest BCUT2D eigenvalue weighted by Gasteiger charge is 2.00. The molecule has 2 N–H and O–H groups in total. The van der Waals surface area contributed by atoms with Gasteiger partial charge in [-0.2, -0.15) is 5.10 Å². The van der Waals surface area contributed by atoms with Gasteiger partial charge in [0.25, 0.3) is 0 Å². The van der Waals surface area contributed by atoms with Crippen LogP contribution in [0.3, 0.4) is 0 Å². The van der Waals surface area contributed by atoms with Gasteiger partial charge in [-0.3, -0.25) is 9.67 Å². The minimum Gasteiger partial charge on any atom is -0.382 e. The maximum atomic E-state index is 5.34. The van der Waals surface area contributed by atoms with E-state index in [0.29, 0.717) is 0 Å². The molecule has 1 rings (SSSR count). The topological polar surface area (TPSA) is 63.5 Å². The standard InChI is InChI=1S/C17H33N5O.HI/c1-5-18-17(19-10-7-8-13-23-6-2)20-11-9-12-22-16(4)14-15(3)21-22;/h14H,5-13H2,1-4H3,(H2,18,19,20);1H. The van der Waals surface area contributed by atoms with Crippen molar-refractivity contribution in [1.29, 1.82) is 0 Å². The largest absolute Gasteiger partial charge is 0.382 e. The van der Waals surface area contributed by atoms with Crippen LogP contribution in [0.4, 0.5) is 0 Å². The molecular weight excluding hydrogens is 417 g/mol. The van der Waals surface area contributed by atoms with Crippen molar-refractivity contribution in [2.24, 2.45) is 4.99 Å². The Kier molecular flexibility index (Phi) is 14.0. The maximum absolute atomic E-state index is 5.34. The molecule has 0 amide bonds. The fraction of sp³-hybridized carbons (Fsp3) is 0.765. The molecule has 0 saturated heterocycles. The van der Waals surface area contributed by atoms with Crippen molar-refractivity contribution >= 4 is 29.9 Å². The maximum Gasteiger partial charge on any atom is 0.191 e. The normalized spacial score (nSPS) is 11.2. The summed E-state index contributed by atoms with van der Waals surface area (Å²) >= 11 is 0. The van der Waals surface area contributed by atoms with Crippen LogP contribution in [0.5, 0.6) is 0 Å². The van der Waals surface area contributed by atoms with Gasteiger partial charge >= 0.3 is 0 Å². The second kappa shape index (κ2) is 14.5. The van der Waals surface area contributed by atoms with E-state index in [2.05, 4.69) is 45.3 Å². The number of ether oxygens (including phenoxy) is 1. The summed E-state index contributed by atoms with van der Waals surface area (Å²) in [4.78, 5) is 4.62. The number of halogens is 1. The summed E-state index contributed by atoms with van der Waals surface area (Å²) < 4.78 is 7.39. The van der Waals surface area contributed by atoms with Crippen molar-refractivity contribution in [3.8, 4) is 0 Å². The van der Waals surface area contributed by atoms with Gasteiger partial charge in [0, 0.05) is 45.1 Å². The third-order valence-electron chi connectivity index (χ3n) is 3.46. The average molecular weight is 451 g/mol. The summed E-state index contributed by atoms with van der Waals surface area (Å²) in [7, 11) is 0. The number of unbranched alkanes of at least 4 members (excludes halogenated alkanes) is 1. The van der Waals surface area contributed by atoms with Crippen LogP contribution in [0.15, 0.2) is 11.1 Å². The van der Waals surface area contributed by atoms with Gasteiger partial charge < -0.3 is 15.4 Å². The van der Waals surface area contributed by atoms with Gasteiger partial charge in [0.2, 0.25) is 0 Å². The van der Waals surface area contributed by atoms with Crippen molar-refractivity contribution in [2.45, 2.75) is 53.5 Å². The molecule has 0 spiro atoms. The average Bonchev–Trinajstić information content (AvgIpc) is 2.84. The number of aromatic nitrogens is 2. The van der Waals surface area contributed by atoms with E-state index in [9.17, 15) is 0 Å². The Bertz CT molecular complexity index is 462. The van der Waals surface area contributed by atoms with E-state index in [1.807, 2.05) is 13.8 Å². The Balaban J connectivity index is 0.00000529. The van der Waals surface area contributed by atoms with Crippen LogP contribution in [0.2, 0.25) is 0 Å². The summed E-state index contributed by atoms with van der Waals surface area (Å²) in [6, 6.07) is 2.11. The lowest BCUT2D eigenvalue weighted by atomic mass is 10.3. The fourth-order valence-corrected chi connectivity index (χ4v) is 2.33. The van der Waals surface area contributed by atoms with Crippen LogP contribution >= 0.6 is 24.0 Å². The predicted molar refractivity (Wildman–Crippen MR) is 111 cm³/mol. The summed E-state index contributed by atoms with van der Waals surface area (Å²) in [5, 5.41) is 11.1. The Morgan fingerprint density at radius 1 is 1.21 bits per heavy atom. The molecule has 1 heterocycles. The van der Waals surface area contributed by atoms with Crippen molar-refractivity contribution in [3.05, 3.63) is 17.5 Å². The minimum atomic E-state index is 0. The number of aliphatic imine (C=N–C) groups is 1. The minimum absolute atomic E-state index is 0. The lowest BCUT2D eigenvalue weighted by molar-refractivity contribution is 0.143. The van der Waals surface area contributed by atoms with Crippen molar-refractivity contribution in [1.82, 2.24) is 20.4 Å². The third kappa shape index (κ3) is 10.1. The van der Waals surface area contributed by atoms with E-state index in [1.165, 1.54) is 5.69 Å². The van der Waals surface area contributed by atoms with Crippen LogP contribution in [0.25, 0.3) is 0 Å². The van der Waals surface area contributed by atoms with Crippen molar-refractivity contribution in [2.75, 3.05) is 32.8 Å². The first kappa shape index (κ1) is 23.2. The van der Waals surface area contributed by atoms with Gasteiger partial charge in [-0.25, -0.2) is 0 Å². The number of nitrogens with one attached hydrogen (secondary N) is 2. The summed E-state index contributed by atoms with van der Waals surface area (Å²) in [5.74, 6) is 0.900. The molecule has 0 aliphatic heterocycles. The van der Waals surface area contributed by atoms with Gasteiger partial charge in [0.1, 0.15) is 0 Å². The first-order valence-corrected chi connectivity index (χ1v) is 8.78. The highest BCUT2D eigenvalue weighted by molar-refractivity contribution is 14.0. The van der Waals surface area contributed by atoms with Crippen molar-refractivity contribution in [3.63, 3.8) is 0 Å². The zero-order valence-electron chi connectivity index (χ0n) is 15.6. The first-order chi connectivity index (χ1) is 11.2. The first-order valence-electron chi connectivity index (χ1n) is 8.78. The quantitative estimate of drug-likeness (QED) is 0.235. The number of rotatable bonds is 11. The van der Waals surface area contributed by atoms with Gasteiger partial charge in [0.15, 0.2) is 5.96 Å². The smallest absolute Gasteiger partial charge is 0.191 e. The van der Waals surface area contributed by atoms with E-state index in [0.717, 1.165) is 70.3 Å². The monoisotopic (exact) mass is 451 g/mol. The van der Waals surface area contributed by atoms with E-state index < -0.39 is 0 Å². The zero-order valence-corrected chi connectivity index (χ0v) is 17.9.